The minimum Gasteiger partial charge on any atom is -0.494 e. The van der Waals surface area contributed by atoms with Gasteiger partial charge >= 0.3 is 5.97 Å². The summed E-state index contributed by atoms with van der Waals surface area (Å²) >= 11 is 0. The van der Waals surface area contributed by atoms with Crippen LogP contribution in [0.25, 0.3) is 0 Å². The van der Waals surface area contributed by atoms with E-state index < -0.39 is 0 Å². The van der Waals surface area contributed by atoms with Crippen molar-refractivity contribution in [3.8, 4) is 5.75 Å². The van der Waals surface area contributed by atoms with E-state index in [0.29, 0.717) is 19.1 Å². The summed E-state index contributed by atoms with van der Waals surface area (Å²) in [6.07, 6.45) is 1.06. The minimum atomic E-state index is -0.299. The normalized spacial score (nSPS) is 12.2. The number of rotatable bonds is 9. The molecular formula is C17H27NO3. The number of ether oxygens (including phenoxy) is 2. The van der Waals surface area contributed by atoms with Gasteiger partial charge in [0, 0.05) is 6.54 Å². The number of carbonyl (C=O) groups is 1. The topological polar surface area (TPSA) is 47.6 Å². The fourth-order valence-electron chi connectivity index (χ4n) is 1.74. The minimum absolute atomic E-state index is 0.217. The van der Waals surface area contributed by atoms with Crippen LogP contribution in [0.3, 0.4) is 0 Å². The summed E-state index contributed by atoms with van der Waals surface area (Å²) in [6, 6.07) is 7.65. The van der Waals surface area contributed by atoms with Crippen LogP contribution >= 0.6 is 0 Å². The zero-order chi connectivity index (χ0) is 15.7. The molecule has 0 bridgehead atoms. The summed E-state index contributed by atoms with van der Waals surface area (Å²) in [5, 5.41) is 3.15. The molecule has 0 spiro atoms. The maximum Gasteiger partial charge on any atom is 0.322 e. The highest BCUT2D eigenvalue weighted by molar-refractivity contribution is 5.75. The Morgan fingerprint density at radius 3 is 2.43 bits per heavy atom. The van der Waals surface area contributed by atoms with Gasteiger partial charge in [0.25, 0.3) is 0 Å². The molecule has 0 aliphatic heterocycles. The second-order valence-corrected chi connectivity index (χ2v) is 5.53. The number of esters is 1. The van der Waals surface area contributed by atoms with Gasteiger partial charge < -0.3 is 14.8 Å². The van der Waals surface area contributed by atoms with E-state index in [1.165, 1.54) is 0 Å². The summed E-state index contributed by atoms with van der Waals surface area (Å²) in [7, 11) is 0. The molecule has 0 amide bonds. The van der Waals surface area contributed by atoms with Gasteiger partial charge in [0.1, 0.15) is 11.8 Å². The van der Waals surface area contributed by atoms with Crippen molar-refractivity contribution in [1.29, 1.82) is 0 Å². The summed E-state index contributed by atoms with van der Waals surface area (Å²) in [5.74, 6) is 1.32. The van der Waals surface area contributed by atoms with E-state index in [1.54, 1.807) is 6.92 Å². The van der Waals surface area contributed by atoms with Gasteiger partial charge in [0.15, 0.2) is 0 Å². The van der Waals surface area contributed by atoms with Crippen LogP contribution in [0.4, 0.5) is 0 Å². The smallest absolute Gasteiger partial charge is 0.322 e. The summed E-state index contributed by atoms with van der Waals surface area (Å²) in [5.41, 5.74) is 1.11. The summed E-state index contributed by atoms with van der Waals surface area (Å²) < 4.78 is 10.6. The van der Waals surface area contributed by atoms with Crippen LogP contribution in [0.1, 0.15) is 39.7 Å². The molecule has 1 atom stereocenters. The highest BCUT2D eigenvalue weighted by Crippen LogP contribution is 2.13. The Morgan fingerprint density at radius 2 is 1.86 bits per heavy atom. The average Bonchev–Trinajstić information content (AvgIpc) is 2.46. The van der Waals surface area contributed by atoms with Crippen LogP contribution in [0.2, 0.25) is 0 Å². The predicted octanol–water partition coefficient (Wildman–Crippen LogP) is 3.15. The Bertz CT molecular complexity index is 415. The van der Waals surface area contributed by atoms with Gasteiger partial charge in [-0.3, -0.25) is 4.79 Å². The van der Waals surface area contributed by atoms with Gasteiger partial charge in [0.2, 0.25) is 0 Å². The molecule has 0 aliphatic carbocycles. The van der Waals surface area contributed by atoms with Crippen molar-refractivity contribution in [3.05, 3.63) is 29.8 Å². The monoisotopic (exact) mass is 293 g/mol. The van der Waals surface area contributed by atoms with Crippen molar-refractivity contribution in [2.75, 3.05) is 13.2 Å². The number of hydrogen-bond acceptors (Lipinski definition) is 4. The first-order valence-electron chi connectivity index (χ1n) is 7.64. The Kier molecular flexibility index (Phi) is 7.83. The molecule has 0 aromatic heterocycles. The van der Waals surface area contributed by atoms with E-state index in [0.717, 1.165) is 24.3 Å². The van der Waals surface area contributed by atoms with E-state index in [-0.39, 0.29) is 12.0 Å². The lowest BCUT2D eigenvalue weighted by Crippen LogP contribution is -2.34. The van der Waals surface area contributed by atoms with Crippen LogP contribution in [0.15, 0.2) is 24.3 Å². The molecule has 4 nitrogen and oxygen atoms in total. The third kappa shape index (κ3) is 7.14. The fourth-order valence-corrected chi connectivity index (χ4v) is 1.74. The fraction of sp³-hybridized carbons (Fsp3) is 0.588. The van der Waals surface area contributed by atoms with Crippen LogP contribution in [0, 0.1) is 5.92 Å². The van der Waals surface area contributed by atoms with Gasteiger partial charge in [-0.15, -0.1) is 0 Å². The second kappa shape index (κ2) is 9.40. The number of nitrogens with one attached hydrogen (secondary N) is 1. The van der Waals surface area contributed by atoms with E-state index in [1.807, 2.05) is 31.2 Å². The lowest BCUT2D eigenvalue weighted by molar-refractivity contribution is -0.145. The van der Waals surface area contributed by atoms with Crippen molar-refractivity contribution in [3.63, 3.8) is 0 Å². The van der Waals surface area contributed by atoms with Crippen molar-refractivity contribution in [2.45, 2.75) is 46.7 Å². The van der Waals surface area contributed by atoms with E-state index in [4.69, 9.17) is 9.47 Å². The first-order chi connectivity index (χ1) is 10.0. The van der Waals surface area contributed by atoms with E-state index >= 15 is 0 Å². The quantitative estimate of drug-likeness (QED) is 0.711. The molecule has 1 aromatic rings. The van der Waals surface area contributed by atoms with Gasteiger partial charge in [-0.25, -0.2) is 0 Å². The number of benzene rings is 1. The molecule has 0 saturated carbocycles. The Hall–Kier alpha value is -1.55. The summed E-state index contributed by atoms with van der Waals surface area (Å²) in [4.78, 5) is 11.5. The SMILES string of the molecule is CCOC(=O)C(C)NCc1ccc(OCCC(C)C)cc1. The Balaban J connectivity index is 2.35. The molecule has 1 aromatic carbocycles. The molecule has 4 heteroatoms. The largest absolute Gasteiger partial charge is 0.494 e. The lowest BCUT2D eigenvalue weighted by Gasteiger charge is -2.13. The average molecular weight is 293 g/mol. The van der Waals surface area contributed by atoms with Crippen molar-refractivity contribution in [1.82, 2.24) is 5.32 Å². The maximum atomic E-state index is 11.5. The molecule has 0 aliphatic rings. The molecule has 1 N–H and O–H groups in total. The first kappa shape index (κ1) is 17.5. The Morgan fingerprint density at radius 1 is 1.19 bits per heavy atom. The number of carbonyl (C=O) groups excluding carboxylic acids is 1. The van der Waals surface area contributed by atoms with Crippen LogP contribution in [0.5, 0.6) is 5.75 Å². The third-order valence-electron chi connectivity index (χ3n) is 3.14. The molecule has 0 fully saturated rings. The zero-order valence-corrected chi connectivity index (χ0v) is 13.5. The molecule has 118 valence electrons. The van der Waals surface area contributed by atoms with Crippen molar-refractivity contribution >= 4 is 5.97 Å². The highest BCUT2D eigenvalue weighted by atomic mass is 16.5. The van der Waals surface area contributed by atoms with Crippen molar-refractivity contribution < 1.29 is 14.3 Å². The van der Waals surface area contributed by atoms with Gasteiger partial charge in [-0.1, -0.05) is 26.0 Å². The van der Waals surface area contributed by atoms with Crippen molar-refractivity contribution in [2.24, 2.45) is 5.92 Å². The highest BCUT2D eigenvalue weighted by Gasteiger charge is 2.12. The van der Waals surface area contributed by atoms with Gasteiger partial charge in [-0.05, 0) is 43.9 Å². The molecule has 1 rings (SSSR count). The van der Waals surface area contributed by atoms with Gasteiger partial charge in [-0.2, -0.15) is 0 Å². The molecular weight excluding hydrogens is 266 g/mol. The number of hydrogen-bond donors (Lipinski definition) is 1. The second-order valence-electron chi connectivity index (χ2n) is 5.53. The van der Waals surface area contributed by atoms with E-state index in [2.05, 4.69) is 19.2 Å². The molecule has 1 unspecified atom stereocenters. The molecule has 0 saturated heterocycles. The van der Waals surface area contributed by atoms with Gasteiger partial charge in [0.05, 0.1) is 13.2 Å². The molecule has 0 radical (unpaired) electrons. The maximum absolute atomic E-state index is 11.5. The lowest BCUT2D eigenvalue weighted by atomic mass is 10.1. The van der Waals surface area contributed by atoms with Crippen LogP contribution < -0.4 is 10.1 Å². The van der Waals surface area contributed by atoms with Crippen LogP contribution in [-0.2, 0) is 16.1 Å². The zero-order valence-electron chi connectivity index (χ0n) is 13.5. The summed E-state index contributed by atoms with van der Waals surface area (Å²) in [6.45, 7) is 9.77. The third-order valence-corrected chi connectivity index (χ3v) is 3.14. The molecule has 0 heterocycles. The standard InChI is InChI=1S/C17H27NO3/c1-5-20-17(19)14(4)18-12-15-6-8-16(9-7-15)21-11-10-13(2)3/h6-9,13-14,18H,5,10-12H2,1-4H3. The predicted molar refractivity (Wildman–Crippen MR) is 84.3 cm³/mol. The molecule has 21 heavy (non-hydrogen) atoms. The Labute approximate surface area is 127 Å². The van der Waals surface area contributed by atoms with E-state index in [9.17, 15) is 4.79 Å². The van der Waals surface area contributed by atoms with Crippen LogP contribution in [-0.4, -0.2) is 25.2 Å². The first-order valence-corrected chi connectivity index (χ1v) is 7.64.